The van der Waals surface area contributed by atoms with Crippen molar-refractivity contribution in [3.63, 3.8) is 0 Å². The first-order valence-electron chi connectivity index (χ1n) is 8.64. The van der Waals surface area contributed by atoms with Gasteiger partial charge in [0.05, 0.1) is 11.4 Å². The van der Waals surface area contributed by atoms with Gasteiger partial charge in [0, 0.05) is 50.5 Å². The van der Waals surface area contributed by atoms with E-state index in [0.29, 0.717) is 0 Å². The summed E-state index contributed by atoms with van der Waals surface area (Å²) < 4.78 is 0. The fraction of sp³-hybridized carbons (Fsp3) is 0.300. The molecule has 1 fully saturated rings. The minimum Gasteiger partial charge on any atom is -0.368 e. The molecule has 2 aromatic rings. The first-order chi connectivity index (χ1) is 11.9. The number of rotatable bonds is 3. The third-order valence-corrected chi connectivity index (χ3v) is 4.70. The van der Waals surface area contributed by atoms with Gasteiger partial charge in [-0.25, -0.2) is 0 Å². The second-order valence-electron chi connectivity index (χ2n) is 6.19. The Hall–Kier alpha value is -2.62. The highest BCUT2D eigenvalue weighted by Crippen LogP contribution is 2.29. The van der Waals surface area contributed by atoms with Gasteiger partial charge in [-0.05, 0) is 42.7 Å². The van der Waals surface area contributed by atoms with E-state index in [2.05, 4.69) is 56.2 Å². The van der Waals surface area contributed by atoms with Crippen molar-refractivity contribution in [2.24, 2.45) is 0 Å². The minimum absolute atomic E-state index is 1.01. The quantitative estimate of drug-likeness (QED) is 0.866. The second-order valence-corrected chi connectivity index (χ2v) is 6.19. The Morgan fingerprint density at radius 1 is 0.833 bits per heavy atom. The number of hydrogen-bond acceptors (Lipinski definition) is 4. The first kappa shape index (κ1) is 14.9. The van der Waals surface area contributed by atoms with Crippen LogP contribution in [0.4, 0.5) is 11.4 Å². The van der Waals surface area contributed by atoms with Gasteiger partial charge in [0.25, 0.3) is 0 Å². The molecule has 1 aliphatic heterocycles. The number of anilines is 2. The van der Waals surface area contributed by atoms with Crippen LogP contribution in [0.15, 0.2) is 61.1 Å². The van der Waals surface area contributed by atoms with Crippen molar-refractivity contribution in [2.75, 3.05) is 36.0 Å². The van der Waals surface area contributed by atoms with Crippen molar-refractivity contribution >= 4 is 16.9 Å². The van der Waals surface area contributed by atoms with Crippen LogP contribution in [0.3, 0.4) is 0 Å². The zero-order valence-corrected chi connectivity index (χ0v) is 13.8. The molecule has 2 aromatic heterocycles. The molecule has 4 heteroatoms. The van der Waals surface area contributed by atoms with Crippen molar-refractivity contribution in [3.05, 3.63) is 66.8 Å². The fourth-order valence-corrected chi connectivity index (χ4v) is 3.42. The normalized spacial score (nSPS) is 17.8. The molecular formula is C20H22N4. The minimum atomic E-state index is 1.01. The summed E-state index contributed by atoms with van der Waals surface area (Å²) in [6, 6.07) is 8.42. The molecule has 0 atom stereocenters. The Labute approximate surface area is 143 Å². The Balaban J connectivity index is 1.52. The van der Waals surface area contributed by atoms with Crippen LogP contribution in [0.2, 0.25) is 0 Å². The molecule has 0 amide bonds. The highest BCUT2D eigenvalue weighted by molar-refractivity contribution is 5.80. The van der Waals surface area contributed by atoms with Gasteiger partial charge in [0.15, 0.2) is 0 Å². The lowest BCUT2D eigenvalue weighted by Crippen LogP contribution is -2.46. The number of piperazine rings is 1. The smallest absolute Gasteiger partial charge is 0.0931 e. The van der Waals surface area contributed by atoms with Gasteiger partial charge in [0.2, 0.25) is 0 Å². The molecule has 2 aliphatic rings. The van der Waals surface area contributed by atoms with Crippen LogP contribution in [0.1, 0.15) is 18.5 Å². The lowest BCUT2D eigenvalue weighted by atomic mass is 10.0. The zero-order chi connectivity index (χ0) is 16.2. The first-order valence-corrected chi connectivity index (χ1v) is 8.64. The lowest BCUT2D eigenvalue weighted by molar-refractivity contribution is 0.652. The standard InChI is InChI=1S/C20H22N4/c1-2-5-17(6-3-1)20-19(7-4-10-22-20)24-15-13-23(14-16-24)18-8-11-21-12-9-18/h2,4-12H,1,3,13-16H2. The molecule has 0 bridgehead atoms. The van der Waals surface area contributed by atoms with Crippen LogP contribution < -0.4 is 9.80 Å². The Morgan fingerprint density at radius 3 is 2.38 bits per heavy atom. The molecule has 3 heterocycles. The van der Waals surface area contributed by atoms with Gasteiger partial charge in [-0.15, -0.1) is 0 Å². The fourth-order valence-electron chi connectivity index (χ4n) is 3.42. The molecule has 1 saturated heterocycles. The highest BCUT2D eigenvalue weighted by Gasteiger charge is 2.20. The predicted octanol–water partition coefficient (Wildman–Crippen LogP) is 3.54. The molecule has 4 rings (SSSR count). The largest absolute Gasteiger partial charge is 0.368 e. The SMILES string of the molecule is C1=CC(c2ncccc2N2CCN(c3ccncc3)CC2)=CCC1. The van der Waals surface area contributed by atoms with Crippen LogP contribution in [0, 0.1) is 0 Å². The second kappa shape index (κ2) is 6.87. The summed E-state index contributed by atoms with van der Waals surface area (Å²) in [5.41, 5.74) is 4.89. The number of hydrogen-bond donors (Lipinski definition) is 0. The summed E-state index contributed by atoms with van der Waals surface area (Å²) in [5, 5.41) is 0. The van der Waals surface area contributed by atoms with Gasteiger partial charge < -0.3 is 9.80 Å². The maximum absolute atomic E-state index is 4.67. The van der Waals surface area contributed by atoms with E-state index in [1.54, 1.807) is 0 Å². The van der Waals surface area contributed by atoms with Gasteiger partial charge in [-0.1, -0.05) is 18.2 Å². The van der Waals surface area contributed by atoms with Crippen molar-refractivity contribution in [1.82, 2.24) is 9.97 Å². The van der Waals surface area contributed by atoms with Crippen molar-refractivity contribution in [2.45, 2.75) is 12.8 Å². The molecule has 0 unspecified atom stereocenters. The topological polar surface area (TPSA) is 32.3 Å². The van der Waals surface area contributed by atoms with E-state index in [9.17, 15) is 0 Å². The van der Waals surface area contributed by atoms with Crippen LogP contribution in [0.25, 0.3) is 5.57 Å². The van der Waals surface area contributed by atoms with Crippen molar-refractivity contribution < 1.29 is 0 Å². The monoisotopic (exact) mass is 318 g/mol. The number of nitrogens with zero attached hydrogens (tertiary/aromatic N) is 4. The van der Waals surface area contributed by atoms with Crippen molar-refractivity contribution in [1.29, 1.82) is 0 Å². The van der Waals surface area contributed by atoms with Gasteiger partial charge >= 0.3 is 0 Å². The third-order valence-electron chi connectivity index (χ3n) is 4.70. The van der Waals surface area contributed by atoms with Gasteiger partial charge in [0.1, 0.15) is 0 Å². The average Bonchev–Trinajstić information content (AvgIpc) is 2.69. The van der Waals surface area contributed by atoms with Crippen LogP contribution >= 0.6 is 0 Å². The van der Waals surface area contributed by atoms with E-state index < -0.39 is 0 Å². The molecule has 24 heavy (non-hydrogen) atoms. The molecule has 0 spiro atoms. The lowest BCUT2D eigenvalue weighted by Gasteiger charge is -2.38. The molecule has 0 saturated carbocycles. The van der Waals surface area contributed by atoms with Gasteiger partial charge in [-0.3, -0.25) is 9.97 Å². The van der Waals surface area contributed by atoms with E-state index >= 15 is 0 Å². The van der Waals surface area contributed by atoms with E-state index in [1.807, 2.05) is 24.7 Å². The Morgan fingerprint density at radius 2 is 1.62 bits per heavy atom. The van der Waals surface area contributed by atoms with Crippen molar-refractivity contribution in [3.8, 4) is 0 Å². The average molecular weight is 318 g/mol. The summed E-state index contributed by atoms with van der Waals surface area (Å²) in [6.45, 7) is 4.07. The highest BCUT2D eigenvalue weighted by atomic mass is 15.3. The molecule has 0 radical (unpaired) electrons. The van der Waals surface area contributed by atoms with Crippen LogP contribution in [-0.4, -0.2) is 36.1 Å². The molecule has 4 nitrogen and oxygen atoms in total. The Bertz CT molecular complexity index is 743. The maximum Gasteiger partial charge on any atom is 0.0931 e. The number of pyridine rings is 2. The molecule has 0 N–H and O–H groups in total. The van der Waals surface area contributed by atoms with E-state index in [-0.39, 0.29) is 0 Å². The summed E-state index contributed by atoms with van der Waals surface area (Å²) in [6.07, 6.45) is 14.6. The number of allylic oxidation sites excluding steroid dienone is 4. The molecule has 0 aromatic carbocycles. The maximum atomic E-state index is 4.67. The summed E-state index contributed by atoms with van der Waals surface area (Å²) in [7, 11) is 0. The predicted molar refractivity (Wildman–Crippen MR) is 99.3 cm³/mol. The van der Waals surface area contributed by atoms with E-state index in [1.165, 1.54) is 16.9 Å². The third kappa shape index (κ3) is 3.04. The molecule has 1 aliphatic carbocycles. The van der Waals surface area contributed by atoms with Crippen LogP contribution in [0.5, 0.6) is 0 Å². The van der Waals surface area contributed by atoms with E-state index in [4.69, 9.17) is 0 Å². The van der Waals surface area contributed by atoms with E-state index in [0.717, 1.165) is 44.7 Å². The number of aromatic nitrogens is 2. The molecule has 122 valence electrons. The molecular weight excluding hydrogens is 296 g/mol. The Kier molecular flexibility index (Phi) is 4.28. The zero-order valence-electron chi connectivity index (χ0n) is 13.8. The van der Waals surface area contributed by atoms with Gasteiger partial charge in [-0.2, -0.15) is 0 Å². The summed E-state index contributed by atoms with van der Waals surface area (Å²) in [4.78, 5) is 13.7. The summed E-state index contributed by atoms with van der Waals surface area (Å²) >= 11 is 0. The summed E-state index contributed by atoms with van der Waals surface area (Å²) in [5.74, 6) is 0. The van der Waals surface area contributed by atoms with Crippen LogP contribution in [-0.2, 0) is 0 Å².